The Labute approximate surface area is 110 Å². The molecule has 0 bridgehead atoms. The molecule has 0 aliphatic carbocycles. The second-order valence-corrected chi connectivity index (χ2v) is 4.25. The molecule has 0 radical (unpaired) electrons. The van der Waals surface area contributed by atoms with Crippen LogP contribution in [0.3, 0.4) is 0 Å². The van der Waals surface area contributed by atoms with Gasteiger partial charge in [-0.05, 0) is 40.1 Å². The fourth-order valence-corrected chi connectivity index (χ4v) is 2.23. The standard InChI is InChI=1S/C12H13NO2S.ClH/c1-15-11-6-8(2-3-10(11)14)12(13)9-4-5-16-7-9;/h2-7,12,14H,13H2,1H3;1H/t12-;/m0./s1. The van der Waals surface area contributed by atoms with Gasteiger partial charge < -0.3 is 15.6 Å². The van der Waals surface area contributed by atoms with Crippen molar-refractivity contribution in [2.45, 2.75) is 6.04 Å². The molecule has 1 aromatic carbocycles. The Bertz CT molecular complexity index is 473. The van der Waals surface area contributed by atoms with E-state index < -0.39 is 0 Å². The van der Waals surface area contributed by atoms with Gasteiger partial charge in [-0.1, -0.05) is 6.07 Å². The van der Waals surface area contributed by atoms with Crippen molar-refractivity contribution < 1.29 is 9.84 Å². The van der Waals surface area contributed by atoms with Gasteiger partial charge in [0.2, 0.25) is 0 Å². The maximum atomic E-state index is 9.48. The third-order valence-electron chi connectivity index (χ3n) is 2.47. The van der Waals surface area contributed by atoms with Gasteiger partial charge in [-0.3, -0.25) is 0 Å². The molecule has 3 N–H and O–H groups in total. The first kappa shape index (κ1) is 13.8. The average Bonchev–Trinajstić information content (AvgIpc) is 2.82. The van der Waals surface area contributed by atoms with Crippen molar-refractivity contribution in [3.63, 3.8) is 0 Å². The minimum atomic E-state index is -0.180. The van der Waals surface area contributed by atoms with Gasteiger partial charge in [0.1, 0.15) is 0 Å². The predicted molar refractivity (Wildman–Crippen MR) is 72.3 cm³/mol. The van der Waals surface area contributed by atoms with E-state index in [1.165, 1.54) is 7.11 Å². The van der Waals surface area contributed by atoms with E-state index in [0.717, 1.165) is 11.1 Å². The van der Waals surface area contributed by atoms with Gasteiger partial charge in [0.25, 0.3) is 0 Å². The van der Waals surface area contributed by atoms with E-state index in [9.17, 15) is 5.11 Å². The van der Waals surface area contributed by atoms with Crippen molar-refractivity contribution in [2.75, 3.05) is 7.11 Å². The highest BCUT2D eigenvalue weighted by Crippen LogP contribution is 2.30. The molecule has 2 rings (SSSR count). The van der Waals surface area contributed by atoms with Crippen molar-refractivity contribution in [3.8, 4) is 11.5 Å². The third kappa shape index (κ3) is 2.91. The third-order valence-corrected chi connectivity index (χ3v) is 3.17. The molecule has 0 saturated carbocycles. The summed E-state index contributed by atoms with van der Waals surface area (Å²) in [7, 11) is 1.52. The summed E-state index contributed by atoms with van der Waals surface area (Å²) in [4.78, 5) is 0. The lowest BCUT2D eigenvalue weighted by atomic mass is 10.0. The molecule has 0 amide bonds. The van der Waals surface area contributed by atoms with Crippen LogP contribution in [-0.4, -0.2) is 12.2 Å². The number of phenols is 1. The number of halogens is 1. The first-order chi connectivity index (χ1) is 7.72. The van der Waals surface area contributed by atoms with Crippen LogP contribution in [0.15, 0.2) is 35.0 Å². The lowest BCUT2D eigenvalue weighted by Crippen LogP contribution is -2.10. The van der Waals surface area contributed by atoms with Gasteiger partial charge in [0.15, 0.2) is 11.5 Å². The quantitative estimate of drug-likeness (QED) is 0.902. The van der Waals surface area contributed by atoms with Gasteiger partial charge in [0.05, 0.1) is 13.2 Å². The van der Waals surface area contributed by atoms with Crippen LogP contribution in [0, 0.1) is 0 Å². The van der Waals surface area contributed by atoms with Gasteiger partial charge in [-0.25, -0.2) is 0 Å². The monoisotopic (exact) mass is 271 g/mol. The zero-order chi connectivity index (χ0) is 11.5. The summed E-state index contributed by atoms with van der Waals surface area (Å²) in [5.41, 5.74) is 8.10. The number of rotatable bonds is 3. The van der Waals surface area contributed by atoms with E-state index in [4.69, 9.17) is 10.5 Å². The van der Waals surface area contributed by atoms with Crippen molar-refractivity contribution in [3.05, 3.63) is 46.2 Å². The first-order valence-electron chi connectivity index (χ1n) is 4.87. The van der Waals surface area contributed by atoms with Crippen molar-refractivity contribution in [1.82, 2.24) is 0 Å². The van der Waals surface area contributed by atoms with Gasteiger partial charge in [-0.15, -0.1) is 12.4 Å². The molecule has 0 aliphatic heterocycles. The molecule has 3 nitrogen and oxygen atoms in total. The predicted octanol–water partition coefficient (Wildman–Crippen LogP) is 2.93. The highest BCUT2D eigenvalue weighted by molar-refractivity contribution is 7.08. The molecule has 0 spiro atoms. The minimum Gasteiger partial charge on any atom is -0.504 e. The number of hydrogen-bond acceptors (Lipinski definition) is 4. The summed E-state index contributed by atoms with van der Waals surface area (Å²) < 4.78 is 5.05. The van der Waals surface area contributed by atoms with Crippen LogP contribution in [0.5, 0.6) is 11.5 Å². The van der Waals surface area contributed by atoms with Gasteiger partial charge >= 0.3 is 0 Å². The summed E-state index contributed by atoms with van der Waals surface area (Å²) in [6.07, 6.45) is 0. The number of ether oxygens (including phenoxy) is 1. The molecule has 1 aromatic heterocycles. The molecular formula is C12H14ClNO2S. The first-order valence-corrected chi connectivity index (χ1v) is 5.81. The van der Waals surface area contributed by atoms with Crippen LogP contribution in [0.25, 0.3) is 0 Å². The fraction of sp³-hybridized carbons (Fsp3) is 0.167. The number of phenolic OH excluding ortho intramolecular Hbond substituents is 1. The van der Waals surface area contributed by atoms with E-state index in [1.807, 2.05) is 16.8 Å². The lowest BCUT2D eigenvalue weighted by molar-refractivity contribution is 0.373. The Kier molecular flexibility index (Phi) is 4.81. The number of hydrogen-bond donors (Lipinski definition) is 2. The second kappa shape index (κ2) is 5.91. The van der Waals surface area contributed by atoms with Crippen LogP contribution >= 0.6 is 23.7 Å². The molecule has 1 heterocycles. The largest absolute Gasteiger partial charge is 0.504 e. The second-order valence-electron chi connectivity index (χ2n) is 3.47. The zero-order valence-corrected chi connectivity index (χ0v) is 10.9. The summed E-state index contributed by atoms with van der Waals surface area (Å²) in [6, 6.07) is 6.98. The van der Waals surface area contributed by atoms with Crippen molar-refractivity contribution >= 4 is 23.7 Å². The maximum Gasteiger partial charge on any atom is 0.160 e. The molecule has 5 heteroatoms. The Morgan fingerprint density at radius 2 is 2.06 bits per heavy atom. The van der Waals surface area contributed by atoms with Crippen LogP contribution in [-0.2, 0) is 0 Å². The number of aromatic hydroxyl groups is 1. The smallest absolute Gasteiger partial charge is 0.160 e. The molecule has 1 atom stereocenters. The molecule has 0 unspecified atom stereocenters. The molecular weight excluding hydrogens is 258 g/mol. The number of methoxy groups -OCH3 is 1. The molecule has 0 aliphatic rings. The van der Waals surface area contributed by atoms with E-state index in [1.54, 1.807) is 29.5 Å². The molecule has 0 saturated heterocycles. The number of nitrogens with two attached hydrogens (primary N) is 1. The van der Waals surface area contributed by atoms with Crippen LogP contribution in [0.4, 0.5) is 0 Å². The van der Waals surface area contributed by atoms with E-state index >= 15 is 0 Å². The Morgan fingerprint density at radius 3 is 2.65 bits per heavy atom. The zero-order valence-electron chi connectivity index (χ0n) is 9.29. The minimum absolute atomic E-state index is 0. The Morgan fingerprint density at radius 1 is 1.29 bits per heavy atom. The maximum absolute atomic E-state index is 9.48. The molecule has 2 aromatic rings. The fourth-order valence-electron chi connectivity index (χ4n) is 1.53. The van der Waals surface area contributed by atoms with Crippen LogP contribution in [0.2, 0.25) is 0 Å². The topological polar surface area (TPSA) is 55.5 Å². The van der Waals surface area contributed by atoms with E-state index in [2.05, 4.69) is 0 Å². The van der Waals surface area contributed by atoms with Gasteiger partial charge in [0, 0.05) is 0 Å². The summed E-state index contributed by atoms with van der Waals surface area (Å²) in [5, 5.41) is 13.5. The normalized spacial score (nSPS) is 11.6. The van der Waals surface area contributed by atoms with E-state index in [0.29, 0.717) is 5.75 Å². The molecule has 0 fully saturated rings. The Balaban J connectivity index is 0.00000144. The van der Waals surface area contributed by atoms with Crippen molar-refractivity contribution in [1.29, 1.82) is 0 Å². The summed E-state index contributed by atoms with van der Waals surface area (Å²) in [5.74, 6) is 0.576. The number of benzene rings is 1. The van der Waals surface area contributed by atoms with E-state index in [-0.39, 0.29) is 24.2 Å². The molecule has 17 heavy (non-hydrogen) atoms. The van der Waals surface area contributed by atoms with Crippen molar-refractivity contribution in [2.24, 2.45) is 5.73 Å². The van der Waals surface area contributed by atoms with Gasteiger partial charge in [-0.2, -0.15) is 11.3 Å². The summed E-state index contributed by atoms with van der Waals surface area (Å²) in [6.45, 7) is 0. The average molecular weight is 272 g/mol. The highest BCUT2D eigenvalue weighted by atomic mass is 35.5. The highest BCUT2D eigenvalue weighted by Gasteiger charge is 2.11. The summed E-state index contributed by atoms with van der Waals surface area (Å²) >= 11 is 1.62. The number of thiophene rings is 1. The lowest BCUT2D eigenvalue weighted by Gasteiger charge is -2.12. The SMILES string of the molecule is COc1cc([C@H](N)c2ccsc2)ccc1O.Cl. The Hall–Kier alpha value is -1.23. The van der Waals surface area contributed by atoms with Crippen LogP contribution < -0.4 is 10.5 Å². The molecule has 92 valence electrons. The van der Waals surface area contributed by atoms with Crippen LogP contribution in [0.1, 0.15) is 17.2 Å².